The van der Waals surface area contributed by atoms with Crippen molar-refractivity contribution in [2.75, 3.05) is 6.61 Å². The van der Waals surface area contributed by atoms with Crippen LogP contribution in [0.15, 0.2) is 91.0 Å². The van der Waals surface area contributed by atoms with Gasteiger partial charge >= 0.3 is 5.97 Å². The number of hydrogen-bond acceptors (Lipinski definition) is 3. The van der Waals surface area contributed by atoms with Gasteiger partial charge in [-0.05, 0) is 76.9 Å². The molecule has 198 valence electrons. The molecular weight excluding hydrogens is 482 g/mol. The second-order valence-electron chi connectivity index (χ2n) is 11.1. The lowest BCUT2D eigenvalue weighted by Crippen LogP contribution is -2.15. The molecule has 0 bridgehead atoms. The molecule has 0 aliphatic heterocycles. The second-order valence-corrected chi connectivity index (χ2v) is 11.1. The number of para-hydroxylation sites is 1. The SMILES string of the molecule is CCOC(=O)c1c(-c2ccc(C(C)(C)C)cc2)c2ccccc2n1Cc1cc(-c2ccc(O)cc2)ccc1C. The third-order valence-corrected chi connectivity index (χ3v) is 7.36. The summed E-state index contributed by atoms with van der Waals surface area (Å²) < 4.78 is 7.73. The summed E-state index contributed by atoms with van der Waals surface area (Å²) in [5.41, 5.74) is 9.07. The van der Waals surface area contributed by atoms with Crippen molar-refractivity contribution < 1.29 is 14.6 Å². The first kappa shape index (κ1) is 26.3. The highest BCUT2D eigenvalue weighted by Gasteiger charge is 2.26. The van der Waals surface area contributed by atoms with Gasteiger partial charge < -0.3 is 14.4 Å². The molecule has 4 heteroatoms. The zero-order valence-corrected chi connectivity index (χ0v) is 23.3. The van der Waals surface area contributed by atoms with Gasteiger partial charge in [0.2, 0.25) is 0 Å². The molecule has 0 saturated heterocycles. The van der Waals surface area contributed by atoms with Crippen molar-refractivity contribution >= 4 is 16.9 Å². The van der Waals surface area contributed by atoms with Crippen LogP contribution in [0.3, 0.4) is 0 Å². The first-order valence-corrected chi connectivity index (χ1v) is 13.5. The van der Waals surface area contributed by atoms with Crippen molar-refractivity contribution in [3.8, 4) is 28.0 Å². The van der Waals surface area contributed by atoms with Gasteiger partial charge in [-0.25, -0.2) is 4.79 Å². The Labute approximate surface area is 230 Å². The van der Waals surface area contributed by atoms with E-state index < -0.39 is 0 Å². The first-order chi connectivity index (χ1) is 18.7. The number of phenols is 1. The van der Waals surface area contributed by atoms with Crippen LogP contribution in [0.2, 0.25) is 0 Å². The maximum Gasteiger partial charge on any atom is 0.355 e. The van der Waals surface area contributed by atoms with Gasteiger partial charge in [0.1, 0.15) is 11.4 Å². The zero-order chi connectivity index (χ0) is 27.7. The minimum absolute atomic E-state index is 0.0382. The number of esters is 1. The van der Waals surface area contributed by atoms with E-state index >= 15 is 0 Å². The van der Waals surface area contributed by atoms with E-state index in [1.165, 1.54) is 5.56 Å². The minimum Gasteiger partial charge on any atom is -0.508 e. The quantitative estimate of drug-likeness (QED) is 0.230. The number of benzene rings is 4. The fourth-order valence-corrected chi connectivity index (χ4v) is 5.15. The van der Waals surface area contributed by atoms with Gasteiger partial charge in [0.05, 0.1) is 6.61 Å². The molecule has 1 heterocycles. The highest BCUT2D eigenvalue weighted by Crippen LogP contribution is 2.38. The van der Waals surface area contributed by atoms with E-state index in [1.807, 2.05) is 31.2 Å². The highest BCUT2D eigenvalue weighted by atomic mass is 16.5. The summed E-state index contributed by atoms with van der Waals surface area (Å²) in [6.45, 7) is 11.4. The Kier molecular flexibility index (Phi) is 7.05. The van der Waals surface area contributed by atoms with Gasteiger partial charge in [0.15, 0.2) is 0 Å². The monoisotopic (exact) mass is 517 g/mol. The molecule has 1 aromatic heterocycles. The van der Waals surface area contributed by atoms with Crippen LogP contribution in [0.5, 0.6) is 5.75 Å². The molecule has 0 radical (unpaired) electrons. The molecule has 5 rings (SSSR count). The maximum atomic E-state index is 13.6. The average molecular weight is 518 g/mol. The topological polar surface area (TPSA) is 51.5 Å². The Bertz CT molecular complexity index is 1640. The van der Waals surface area contributed by atoms with Crippen LogP contribution in [0, 0.1) is 6.92 Å². The minimum atomic E-state index is -0.323. The molecule has 0 atom stereocenters. The van der Waals surface area contributed by atoms with Gasteiger partial charge in [-0.2, -0.15) is 0 Å². The third kappa shape index (κ3) is 5.20. The number of aromatic hydroxyl groups is 1. The number of rotatable bonds is 6. The third-order valence-electron chi connectivity index (χ3n) is 7.36. The number of nitrogens with zero attached hydrogens (tertiary/aromatic N) is 1. The number of hydrogen-bond donors (Lipinski definition) is 1. The Morgan fingerprint density at radius 1 is 0.846 bits per heavy atom. The van der Waals surface area contributed by atoms with Crippen LogP contribution < -0.4 is 0 Å². The fraction of sp³-hybridized carbons (Fsp3) is 0.229. The summed E-state index contributed by atoms with van der Waals surface area (Å²) in [5.74, 6) is -0.0806. The zero-order valence-electron chi connectivity index (χ0n) is 23.3. The van der Waals surface area contributed by atoms with Crippen molar-refractivity contribution in [2.45, 2.75) is 46.6 Å². The smallest absolute Gasteiger partial charge is 0.355 e. The van der Waals surface area contributed by atoms with Gasteiger partial charge in [-0.1, -0.05) is 87.5 Å². The number of fused-ring (bicyclic) bond motifs is 1. The molecular formula is C35H35NO3. The van der Waals surface area contributed by atoms with Crippen LogP contribution in [-0.4, -0.2) is 22.2 Å². The van der Waals surface area contributed by atoms with Gasteiger partial charge in [-0.15, -0.1) is 0 Å². The second kappa shape index (κ2) is 10.5. The van der Waals surface area contributed by atoms with E-state index in [0.29, 0.717) is 18.8 Å². The van der Waals surface area contributed by atoms with Crippen LogP contribution in [0.25, 0.3) is 33.2 Å². The predicted molar refractivity (Wildman–Crippen MR) is 159 cm³/mol. The maximum absolute atomic E-state index is 13.6. The van der Waals surface area contributed by atoms with Crippen molar-refractivity contribution in [3.05, 3.63) is 113 Å². The lowest BCUT2D eigenvalue weighted by molar-refractivity contribution is 0.0516. The largest absolute Gasteiger partial charge is 0.508 e. The molecule has 0 unspecified atom stereocenters. The Balaban J connectivity index is 1.69. The van der Waals surface area contributed by atoms with Crippen LogP contribution in [0.4, 0.5) is 0 Å². The molecule has 0 spiro atoms. The normalized spacial score (nSPS) is 11.6. The summed E-state index contributed by atoms with van der Waals surface area (Å²) in [4.78, 5) is 13.6. The molecule has 0 aliphatic rings. The van der Waals surface area contributed by atoms with Crippen LogP contribution in [0.1, 0.15) is 54.9 Å². The molecule has 4 aromatic carbocycles. The predicted octanol–water partition coefficient (Wildman–Crippen LogP) is 8.51. The van der Waals surface area contributed by atoms with E-state index in [4.69, 9.17) is 4.74 Å². The molecule has 0 aliphatic carbocycles. The molecule has 1 N–H and O–H groups in total. The number of aryl methyl sites for hydroxylation is 1. The molecule has 0 fully saturated rings. The summed E-state index contributed by atoms with van der Waals surface area (Å²) >= 11 is 0. The van der Waals surface area contributed by atoms with Crippen molar-refractivity contribution in [2.24, 2.45) is 0 Å². The van der Waals surface area contributed by atoms with Crippen LogP contribution >= 0.6 is 0 Å². The number of aromatic nitrogens is 1. The summed E-state index contributed by atoms with van der Waals surface area (Å²) in [7, 11) is 0. The number of carbonyl (C=O) groups excluding carboxylic acids is 1. The van der Waals surface area contributed by atoms with Gasteiger partial charge in [-0.3, -0.25) is 0 Å². The summed E-state index contributed by atoms with van der Waals surface area (Å²) in [6, 6.07) is 30.3. The Morgan fingerprint density at radius 3 is 2.15 bits per heavy atom. The van der Waals surface area contributed by atoms with E-state index in [9.17, 15) is 9.90 Å². The van der Waals surface area contributed by atoms with Crippen molar-refractivity contribution in [1.82, 2.24) is 4.57 Å². The lowest BCUT2D eigenvalue weighted by atomic mass is 9.86. The van der Waals surface area contributed by atoms with Crippen LogP contribution in [-0.2, 0) is 16.7 Å². The van der Waals surface area contributed by atoms with E-state index in [2.05, 4.69) is 86.9 Å². The van der Waals surface area contributed by atoms with E-state index in [0.717, 1.165) is 44.3 Å². The number of phenolic OH excluding ortho intramolecular Hbond substituents is 1. The molecule has 0 amide bonds. The van der Waals surface area contributed by atoms with E-state index in [-0.39, 0.29) is 17.1 Å². The number of carbonyl (C=O) groups is 1. The van der Waals surface area contributed by atoms with Gasteiger partial charge in [0.25, 0.3) is 0 Å². The summed E-state index contributed by atoms with van der Waals surface area (Å²) in [6.07, 6.45) is 0. The summed E-state index contributed by atoms with van der Waals surface area (Å²) in [5, 5.41) is 10.8. The van der Waals surface area contributed by atoms with Crippen molar-refractivity contribution in [3.63, 3.8) is 0 Å². The standard InChI is InChI=1S/C35H35NO3/c1-6-39-34(38)33-32(25-13-17-28(18-14-25)35(3,4)5)30-9-7-8-10-31(30)36(33)22-27-21-26(12-11-23(27)2)24-15-19-29(37)20-16-24/h7-21,37H,6,22H2,1-5H3. The number of ether oxygens (including phenoxy) is 1. The molecule has 0 saturated carbocycles. The first-order valence-electron chi connectivity index (χ1n) is 13.5. The molecule has 5 aromatic rings. The Hall–Kier alpha value is -4.31. The lowest BCUT2D eigenvalue weighted by Gasteiger charge is -2.19. The van der Waals surface area contributed by atoms with E-state index in [1.54, 1.807) is 12.1 Å². The van der Waals surface area contributed by atoms with Crippen molar-refractivity contribution in [1.29, 1.82) is 0 Å². The van der Waals surface area contributed by atoms with Gasteiger partial charge in [0, 0.05) is 23.0 Å². The molecule has 39 heavy (non-hydrogen) atoms. The Morgan fingerprint density at radius 2 is 1.49 bits per heavy atom. The molecule has 4 nitrogen and oxygen atoms in total. The highest BCUT2D eigenvalue weighted by molar-refractivity contribution is 6.08. The average Bonchev–Trinajstić information content (AvgIpc) is 3.24. The fourth-order valence-electron chi connectivity index (χ4n) is 5.15.